The second-order valence-corrected chi connectivity index (χ2v) is 4.75. The Bertz CT molecular complexity index is 355. The highest BCUT2D eigenvalue weighted by Crippen LogP contribution is 2.32. The number of piperidine rings is 1. The number of likely N-dealkylation sites (tertiary alicyclic amines) is 1. The normalized spacial score (nSPS) is 24.7. The molecule has 1 aliphatic carbocycles. The molecule has 0 amide bonds. The maximum absolute atomic E-state index is 5.74. The lowest BCUT2D eigenvalue weighted by molar-refractivity contribution is -0.182. The molecule has 0 aromatic heterocycles. The molecule has 2 fully saturated rings. The minimum absolute atomic E-state index is 0.263. The number of allylic oxidation sites excluding steroid dienone is 5. The molecule has 0 aromatic rings. The third-order valence-corrected chi connectivity index (χ3v) is 3.67. The Labute approximate surface area is 116 Å². The van der Waals surface area contributed by atoms with Crippen LogP contribution in [0.15, 0.2) is 36.1 Å². The van der Waals surface area contributed by atoms with Gasteiger partial charge in [-0.15, -0.1) is 0 Å². The highest BCUT2D eigenvalue weighted by atomic mass is 16.7. The molecular weight excluding hydrogens is 238 g/mol. The molecule has 2 aliphatic heterocycles. The third-order valence-electron chi connectivity index (χ3n) is 3.67. The predicted molar refractivity (Wildman–Crippen MR) is 77.8 cm³/mol. The molecule has 2 heterocycles. The van der Waals surface area contributed by atoms with Crippen LogP contribution in [-0.2, 0) is 9.47 Å². The Hall–Kier alpha value is -1.06. The first kappa shape index (κ1) is 14.4. The number of hydrogen-bond donors (Lipinski definition) is 0. The van der Waals surface area contributed by atoms with E-state index in [9.17, 15) is 0 Å². The Morgan fingerprint density at radius 1 is 1.05 bits per heavy atom. The number of rotatable bonds is 1. The van der Waals surface area contributed by atoms with Gasteiger partial charge >= 0.3 is 0 Å². The summed E-state index contributed by atoms with van der Waals surface area (Å²) in [6, 6.07) is 0. The van der Waals surface area contributed by atoms with Crippen LogP contribution < -0.4 is 0 Å². The van der Waals surface area contributed by atoms with E-state index in [4.69, 9.17) is 9.47 Å². The van der Waals surface area contributed by atoms with Gasteiger partial charge in [0.1, 0.15) is 0 Å². The molecule has 2 saturated heterocycles. The maximum atomic E-state index is 5.74. The first-order valence-electron chi connectivity index (χ1n) is 7.44. The van der Waals surface area contributed by atoms with E-state index in [0.717, 1.165) is 45.6 Å². The summed E-state index contributed by atoms with van der Waals surface area (Å²) in [7, 11) is 0. The second-order valence-electron chi connectivity index (χ2n) is 4.75. The molecule has 3 aliphatic rings. The molecule has 0 saturated carbocycles. The van der Waals surface area contributed by atoms with Crippen LogP contribution in [0.3, 0.4) is 0 Å². The summed E-state index contributed by atoms with van der Waals surface area (Å²) in [5.74, 6) is -0.263. The number of nitrogens with zero attached hydrogens (tertiary/aromatic N) is 1. The monoisotopic (exact) mass is 263 g/mol. The highest BCUT2D eigenvalue weighted by Gasteiger charge is 2.39. The van der Waals surface area contributed by atoms with Crippen LogP contribution in [-0.4, -0.2) is 37.0 Å². The number of ether oxygens (including phenoxy) is 2. The average Bonchev–Trinajstić information content (AvgIpc) is 2.76. The fourth-order valence-electron chi connectivity index (χ4n) is 2.67. The molecular formula is C16H25NO2. The van der Waals surface area contributed by atoms with Crippen molar-refractivity contribution in [1.29, 1.82) is 0 Å². The van der Waals surface area contributed by atoms with E-state index in [-0.39, 0.29) is 5.79 Å². The zero-order valence-corrected chi connectivity index (χ0v) is 12.1. The number of hydrogen-bond acceptors (Lipinski definition) is 3. The standard InChI is InChI=1S/C14H19NO2.C2H6/c1-2-4-6-13(5-3-1)15-9-7-14(8-10-15)16-11-12-17-14;1-2/h1,3-6H,2,7-12H2;1-2H3. The van der Waals surface area contributed by atoms with Gasteiger partial charge in [-0.3, -0.25) is 0 Å². The zero-order valence-electron chi connectivity index (χ0n) is 12.1. The summed E-state index contributed by atoms with van der Waals surface area (Å²) < 4.78 is 11.5. The first-order valence-corrected chi connectivity index (χ1v) is 7.44. The average molecular weight is 263 g/mol. The van der Waals surface area contributed by atoms with E-state index in [1.165, 1.54) is 5.70 Å². The summed E-state index contributed by atoms with van der Waals surface area (Å²) in [5.41, 5.74) is 1.31. The van der Waals surface area contributed by atoms with Crippen molar-refractivity contribution in [1.82, 2.24) is 4.90 Å². The van der Waals surface area contributed by atoms with Crippen molar-refractivity contribution in [2.24, 2.45) is 0 Å². The van der Waals surface area contributed by atoms with E-state index in [1.54, 1.807) is 0 Å². The van der Waals surface area contributed by atoms with Gasteiger partial charge in [0.2, 0.25) is 0 Å². The van der Waals surface area contributed by atoms with E-state index < -0.39 is 0 Å². The van der Waals surface area contributed by atoms with Crippen molar-refractivity contribution < 1.29 is 9.47 Å². The van der Waals surface area contributed by atoms with Crippen LogP contribution in [0.2, 0.25) is 0 Å². The Morgan fingerprint density at radius 2 is 1.74 bits per heavy atom. The van der Waals surface area contributed by atoms with Crippen LogP contribution in [0.1, 0.15) is 33.1 Å². The Balaban J connectivity index is 0.000000637. The van der Waals surface area contributed by atoms with Gasteiger partial charge in [0.15, 0.2) is 5.79 Å². The summed E-state index contributed by atoms with van der Waals surface area (Å²) >= 11 is 0. The first-order chi connectivity index (χ1) is 9.38. The lowest BCUT2D eigenvalue weighted by atomic mass is 10.0. The van der Waals surface area contributed by atoms with Gasteiger partial charge in [-0.2, -0.15) is 0 Å². The van der Waals surface area contributed by atoms with Crippen molar-refractivity contribution >= 4 is 0 Å². The lowest BCUT2D eigenvalue weighted by Crippen LogP contribution is -2.44. The van der Waals surface area contributed by atoms with Crippen molar-refractivity contribution in [3.8, 4) is 0 Å². The molecule has 0 aromatic carbocycles. The fourth-order valence-corrected chi connectivity index (χ4v) is 2.67. The summed E-state index contributed by atoms with van der Waals surface area (Å²) in [4.78, 5) is 2.42. The molecule has 19 heavy (non-hydrogen) atoms. The fraction of sp³-hybridized carbons (Fsp3) is 0.625. The second kappa shape index (κ2) is 6.92. The topological polar surface area (TPSA) is 21.7 Å². The van der Waals surface area contributed by atoms with Gasteiger partial charge in [-0.05, 0) is 18.6 Å². The predicted octanol–water partition coefficient (Wildman–Crippen LogP) is 3.25. The van der Waals surface area contributed by atoms with Gasteiger partial charge in [-0.25, -0.2) is 0 Å². The molecule has 0 radical (unpaired) electrons. The van der Waals surface area contributed by atoms with Crippen LogP contribution in [0.25, 0.3) is 0 Å². The van der Waals surface area contributed by atoms with Crippen LogP contribution in [0.4, 0.5) is 0 Å². The van der Waals surface area contributed by atoms with Crippen molar-refractivity contribution in [3.63, 3.8) is 0 Å². The Morgan fingerprint density at radius 3 is 2.42 bits per heavy atom. The largest absolute Gasteiger partial charge is 0.371 e. The van der Waals surface area contributed by atoms with E-state index >= 15 is 0 Å². The summed E-state index contributed by atoms with van der Waals surface area (Å²) in [6.07, 6.45) is 13.9. The van der Waals surface area contributed by atoms with Gasteiger partial charge in [-0.1, -0.05) is 32.1 Å². The lowest BCUT2D eigenvalue weighted by Gasteiger charge is -2.39. The summed E-state index contributed by atoms with van der Waals surface area (Å²) in [5, 5.41) is 0. The SMILES string of the molecule is C1=CCC=CC(N2CCC3(CC2)OCCO3)=C1.CC. The molecule has 0 bridgehead atoms. The van der Waals surface area contributed by atoms with Gasteiger partial charge in [0, 0.05) is 31.6 Å². The van der Waals surface area contributed by atoms with Crippen LogP contribution in [0.5, 0.6) is 0 Å². The summed E-state index contributed by atoms with van der Waals surface area (Å²) in [6.45, 7) is 7.55. The maximum Gasteiger partial charge on any atom is 0.171 e. The smallest absolute Gasteiger partial charge is 0.171 e. The third kappa shape index (κ3) is 3.48. The molecule has 3 nitrogen and oxygen atoms in total. The van der Waals surface area contributed by atoms with Crippen molar-refractivity contribution in [3.05, 3.63) is 36.1 Å². The molecule has 106 valence electrons. The minimum atomic E-state index is -0.263. The van der Waals surface area contributed by atoms with Crippen LogP contribution in [0, 0.1) is 0 Å². The van der Waals surface area contributed by atoms with E-state index in [2.05, 4.69) is 35.3 Å². The molecule has 0 atom stereocenters. The van der Waals surface area contributed by atoms with E-state index in [0.29, 0.717) is 0 Å². The highest BCUT2D eigenvalue weighted by molar-refractivity contribution is 5.26. The molecule has 1 spiro atoms. The zero-order chi connectivity index (χ0) is 13.6. The Kier molecular flexibility index (Phi) is 5.23. The minimum Gasteiger partial charge on any atom is -0.371 e. The van der Waals surface area contributed by atoms with Crippen molar-refractivity contribution in [2.45, 2.75) is 38.9 Å². The van der Waals surface area contributed by atoms with Crippen molar-refractivity contribution in [2.75, 3.05) is 26.3 Å². The quantitative estimate of drug-likeness (QED) is 0.725. The van der Waals surface area contributed by atoms with Gasteiger partial charge in [0.25, 0.3) is 0 Å². The van der Waals surface area contributed by atoms with Gasteiger partial charge in [0.05, 0.1) is 13.2 Å². The molecule has 0 unspecified atom stereocenters. The molecule has 3 rings (SSSR count). The molecule has 0 N–H and O–H groups in total. The van der Waals surface area contributed by atoms with Crippen LogP contribution >= 0.6 is 0 Å². The van der Waals surface area contributed by atoms with Gasteiger partial charge < -0.3 is 14.4 Å². The van der Waals surface area contributed by atoms with E-state index in [1.807, 2.05) is 13.8 Å². The molecule has 3 heteroatoms.